The fourth-order valence-electron chi connectivity index (χ4n) is 1.59. The van der Waals surface area contributed by atoms with Gasteiger partial charge in [-0.05, 0) is 18.2 Å². The molecule has 2 heterocycles. The van der Waals surface area contributed by atoms with Crippen LogP contribution >= 0.6 is 11.6 Å². The quantitative estimate of drug-likeness (QED) is 0.527. The van der Waals surface area contributed by atoms with E-state index in [2.05, 4.69) is 15.3 Å². The molecule has 108 valence electrons. The molecule has 0 aliphatic carbocycles. The summed E-state index contributed by atoms with van der Waals surface area (Å²) in [6, 6.07) is 4.27. The molecule has 0 saturated heterocycles. The van der Waals surface area contributed by atoms with Gasteiger partial charge in [0.05, 0.1) is 12.0 Å². The van der Waals surface area contributed by atoms with Crippen LogP contribution in [0.5, 0.6) is 5.88 Å². The molecule has 1 amide bonds. The summed E-state index contributed by atoms with van der Waals surface area (Å²) in [6.07, 6.45) is 2.41. The number of halogens is 1. The maximum atomic E-state index is 12.2. The van der Waals surface area contributed by atoms with Crippen molar-refractivity contribution in [2.45, 2.75) is 0 Å². The molecular formula is C12H9ClN4O4. The maximum Gasteiger partial charge on any atom is 0.300 e. The highest BCUT2D eigenvalue weighted by atomic mass is 35.5. The zero-order chi connectivity index (χ0) is 15.4. The molecule has 2 aromatic heterocycles. The number of pyridine rings is 2. The highest BCUT2D eigenvalue weighted by molar-refractivity contribution is 6.30. The highest BCUT2D eigenvalue weighted by Crippen LogP contribution is 2.24. The molecule has 9 heteroatoms. The first-order chi connectivity index (χ1) is 10.0. The van der Waals surface area contributed by atoms with E-state index < -0.39 is 16.5 Å². The van der Waals surface area contributed by atoms with Crippen molar-refractivity contribution in [1.82, 2.24) is 9.97 Å². The standard InChI is InChI=1S/C12H9ClN4O4/c1-21-12-8(3-2-4-14-12)16-11(18)7-5-10(13)15-6-9(7)17(19)20/h2-6H,1H3,(H,16,18). The second-order valence-corrected chi connectivity index (χ2v) is 4.18. The van der Waals surface area contributed by atoms with Crippen LogP contribution in [0, 0.1) is 10.1 Å². The number of hydrogen-bond donors (Lipinski definition) is 1. The van der Waals surface area contributed by atoms with Gasteiger partial charge in [-0.15, -0.1) is 0 Å². The zero-order valence-electron chi connectivity index (χ0n) is 10.7. The van der Waals surface area contributed by atoms with Gasteiger partial charge in [-0.1, -0.05) is 11.6 Å². The Balaban J connectivity index is 2.37. The number of aromatic nitrogens is 2. The van der Waals surface area contributed by atoms with E-state index in [0.29, 0.717) is 0 Å². The molecule has 21 heavy (non-hydrogen) atoms. The zero-order valence-corrected chi connectivity index (χ0v) is 11.5. The van der Waals surface area contributed by atoms with E-state index in [-0.39, 0.29) is 22.3 Å². The van der Waals surface area contributed by atoms with Crippen molar-refractivity contribution < 1.29 is 14.5 Å². The minimum absolute atomic E-state index is 0.0242. The second-order valence-electron chi connectivity index (χ2n) is 3.80. The van der Waals surface area contributed by atoms with E-state index in [9.17, 15) is 14.9 Å². The lowest BCUT2D eigenvalue weighted by Crippen LogP contribution is -2.15. The number of rotatable bonds is 4. The number of nitro groups is 1. The van der Waals surface area contributed by atoms with Crippen molar-refractivity contribution in [3.05, 3.63) is 51.4 Å². The molecule has 0 bridgehead atoms. The molecule has 1 N–H and O–H groups in total. The summed E-state index contributed by atoms with van der Waals surface area (Å²) in [7, 11) is 1.39. The minimum Gasteiger partial charge on any atom is -0.480 e. The summed E-state index contributed by atoms with van der Waals surface area (Å²) in [5.41, 5.74) is -0.363. The van der Waals surface area contributed by atoms with E-state index in [0.717, 1.165) is 12.3 Å². The van der Waals surface area contributed by atoms with E-state index >= 15 is 0 Å². The molecule has 0 radical (unpaired) electrons. The van der Waals surface area contributed by atoms with Gasteiger partial charge in [0, 0.05) is 6.20 Å². The molecule has 2 aromatic rings. The summed E-state index contributed by atoms with van der Waals surface area (Å²) < 4.78 is 4.99. The van der Waals surface area contributed by atoms with Gasteiger partial charge in [0.25, 0.3) is 11.6 Å². The van der Waals surface area contributed by atoms with Gasteiger partial charge in [0.2, 0.25) is 5.88 Å². The van der Waals surface area contributed by atoms with Gasteiger partial charge in [-0.3, -0.25) is 14.9 Å². The highest BCUT2D eigenvalue weighted by Gasteiger charge is 2.22. The molecule has 0 fully saturated rings. The Labute approximate surface area is 123 Å². The maximum absolute atomic E-state index is 12.2. The van der Waals surface area contributed by atoms with E-state index in [1.54, 1.807) is 12.1 Å². The summed E-state index contributed by atoms with van der Waals surface area (Å²) in [6.45, 7) is 0. The van der Waals surface area contributed by atoms with Crippen LogP contribution in [0.25, 0.3) is 0 Å². The van der Waals surface area contributed by atoms with Crippen LogP contribution in [0.15, 0.2) is 30.6 Å². The Morgan fingerprint density at radius 2 is 2.24 bits per heavy atom. The first kappa shape index (κ1) is 14.7. The van der Waals surface area contributed by atoms with Gasteiger partial charge in [-0.2, -0.15) is 0 Å². The van der Waals surface area contributed by atoms with Gasteiger partial charge in [0.1, 0.15) is 22.6 Å². The summed E-state index contributed by atoms with van der Waals surface area (Å²) in [4.78, 5) is 29.9. The Bertz CT molecular complexity index is 707. The predicted molar refractivity (Wildman–Crippen MR) is 74.6 cm³/mol. The van der Waals surface area contributed by atoms with Crippen molar-refractivity contribution in [3.63, 3.8) is 0 Å². The molecule has 0 saturated carbocycles. The van der Waals surface area contributed by atoms with Crippen LogP contribution in [-0.4, -0.2) is 27.9 Å². The number of hydrogen-bond acceptors (Lipinski definition) is 6. The van der Waals surface area contributed by atoms with Gasteiger partial charge >= 0.3 is 0 Å². The molecule has 0 unspecified atom stereocenters. The van der Waals surface area contributed by atoms with Crippen LogP contribution in [0.2, 0.25) is 5.15 Å². The molecule has 8 nitrogen and oxygen atoms in total. The molecule has 0 aromatic carbocycles. The van der Waals surface area contributed by atoms with Crippen molar-refractivity contribution in [2.24, 2.45) is 0 Å². The third-order valence-corrected chi connectivity index (χ3v) is 2.71. The normalized spacial score (nSPS) is 10.0. The molecule has 0 aliphatic rings. The Kier molecular flexibility index (Phi) is 4.29. The Morgan fingerprint density at radius 1 is 1.48 bits per heavy atom. The summed E-state index contributed by atoms with van der Waals surface area (Å²) >= 11 is 5.68. The third kappa shape index (κ3) is 3.23. The number of ether oxygens (including phenoxy) is 1. The van der Waals surface area contributed by atoms with Crippen LogP contribution in [0.4, 0.5) is 11.4 Å². The van der Waals surface area contributed by atoms with Gasteiger partial charge < -0.3 is 10.1 Å². The predicted octanol–water partition coefficient (Wildman–Crippen LogP) is 2.30. The Morgan fingerprint density at radius 3 is 2.90 bits per heavy atom. The number of carbonyl (C=O) groups excluding carboxylic acids is 1. The summed E-state index contributed by atoms with van der Waals surface area (Å²) in [5.74, 6) is -0.522. The van der Waals surface area contributed by atoms with Crippen molar-refractivity contribution in [3.8, 4) is 5.88 Å². The monoisotopic (exact) mass is 308 g/mol. The van der Waals surface area contributed by atoms with Crippen LogP contribution in [0.1, 0.15) is 10.4 Å². The molecule has 0 spiro atoms. The van der Waals surface area contributed by atoms with Crippen molar-refractivity contribution in [1.29, 1.82) is 0 Å². The lowest BCUT2D eigenvalue weighted by molar-refractivity contribution is -0.385. The third-order valence-electron chi connectivity index (χ3n) is 2.50. The molecule has 2 rings (SSSR count). The van der Waals surface area contributed by atoms with Crippen LogP contribution in [-0.2, 0) is 0 Å². The van der Waals surface area contributed by atoms with Gasteiger partial charge in [0.15, 0.2) is 0 Å². The average molecular weight is 309 g/mol. The summed E-state index contributed by atoms with van der Waals surface area (Å²) in [5, 5.41) is 13.4. The first-order valence-corrected chi connectivity index (χ1v) is 6.01. The van der Waals surface area contributed by atoms with E-state index in [1.165, 1.54) is 13.3 Å². The van der Waals surface area contributed by atoms with Crippen molar-refractivity contribution in [2.75, 3.05) is 12.4 Å². The average Bonchev–Trinajstić information content (AvgIpc) is 2.47. The fraction of sp³-hybridized carbons (Fsp3) is 0.0833. The largest absolute Gasteiger partial charge is 0.480 e. The number of carbonyl (C=O) groups is 1. The SMILES string of the molecule is COc1ncccc1NC(=O)c1cc(Cl)ncc1[N+](=O)[O-]. The lowest BCUT2D eigenvalue weighted by atomic mass is 10.2. The fourth-order valence-corrected chi connectivity index (χ4v) is 1.75. The van der Waals surface area contributed by atoms with E-state index in [1.807, 2.05) is 0 Å². The number of nitrogens with one attached hydrogen (secondary N) is 1. The number of methoxy groups -OCH3 is 1. The van der Waals surface area contributed by atoms with Gasteiger partial charge in [-0.25, -0.2) is 9.97 Å². The van der Waals surface area contributed by atoms with Crippen molar-refractivity contribution >= 4 is 28.9 Å². The van der Waals surface area contributed by atoms with Crippen LogP contribution < -0.4 is 10.1 Å². The number of anilines is 1. The topological polar surface area (TPSA) is 107 Å². The molecule has 0 aliphatic heterocycles. The number of amides is 1. The lowest BCUT2D eigenvalue weighted by Gasteiger charge is -2.08. The van der Waals surface area contributed by atoms with E-state index in [4.69, 9.17) is 16.3 Å². The second kappa shape index (κ2) is 6.14. The smallest absolute Gasteiger partial charge is 0.300 e. The van der Waals surface area contributed by atoms with Crippen LogP contribution in [0.3, 0.4) is 0 Å². The number of nitrogens with zero attached hydrogens (tertiary/aromatic N) is 3. The first-order valence-electron chi connectivity index (χ1n) is 5.63. The molecule has 0 atom stereocenters. The molecular weight excluding hydrogens is 300 g/mol. The Hall–Kier alpha value is -2.74. The minimum atomic E-state index is -0.711.